The third-order valence-corrected chi connectivity index (χ3v) is 5.89. The lowest BCUT2D eigenvalue weighted by atomic mass is 9.89. The Labute approximate surface area is 189 Å². The first-order valence-corrected chi connectivity index (χ1v) is 10.8. The number of fused-ring (bicyclic) bond motifs is 2. The minimum Gasteiger partial charge on any atom is -0.449 e. The van der Waals surface area contributed by atoms with Gasteiger partial charge in [-0.2, -0.15) is 0 Å². The Balaban J connectivity index is 1.32. The number of carbonyl (C=O) groups is 2. The molecule has 5 heterocycles. The zero-order valence-electron chi connectivity index (χ0n) is 18.4. The van der Waals surface area contributed by atoms with Gasteiger partial charge in [0.05, 0.1) is 5.54 Å². The van der Waals surface area contributed by atoms with E-state index >= 15 is 0 Å². The van der Waals surface area contributed by atoms with E-state index in [4.69, 9.17) is 13.6 Å². The molecule has 0 radical (unpaired) electrons. The van der Waals surface area contributed by atoms with Gasteiger partial charge in [-0.05, 0) is 51.0 Å². The van der Waals surface area contributed by atoms with Crippen LogP contribution >= 0.6 is 0 Å². The maximum absolute atomic E-state index is 13.0. The summed E-state index contributed by atoms with van der Waals surface area (Å²) < 4.78 is 16.8. The second-order valence-electron chi connectivity index (χ2n) is 8.42. The maximum Gasteiger partial charge on any atom is 0.287 e. The molecule has 0 bridgehead atoms. The second kappa shape index (κ2) is 8.32. The number of ether oxygens (including phenoxy) is 1. The Morgan fingerprint density at radius 3 is 2.00 bits per heavy atom. The Morgan fingerprint density at radius 1 is 0.879 bits per heavy atom. The molecule has 9 nitrogen and oxygen atoms in total. The van der Waals surface area contributed by atoms with Crippen LogP contribution in [0.1, 0.15) is 45.3 Å². The summed E-state index contributed by atoms with van der Waals surface area (Å²) in [5, 5.41) is 5.97. The van der Waals surface area contributed by atoms with Crippen LogP contribution in [0.2, 0.25) is 0 Å². The molecule has 4 aromatic heterocycles. The van der Waals surface area contributed by atoms with Crippen molar-refractivity contribution in [1.29, 1.82) is 0 Å². The molecule has 2 N–H and O–H groups in total. The molecule has 4 aromatic rings. The van der Waals surface area contributed by atoms with Gasteiger partial charge in [0, 0.05) is 43.3 Å². The van der Waals surface area contributed by atoms with Crippen molar-refractivity contribution in [2.45, 2.75) is 32.2 Å². The number of aryl methyl sites for hydroxylation is 2. The van der Waals surface area contributed by atoms with Crippen molar-refractivity contribution in [2.24, 2.45) is 0 Å². The number of nitrogens with zero attached hydrogens (tertiary/aromatic N) is 2. The molecule has 9 heteroatoms. The quantitative estimate of drug-likeness (QED) is 0.481. The molecule has 0 aliphatic carbocycles. The van der Waals surface area contributed by atoms with Gasteiger partial charge in [0.15, 0.2) is 22.7 Å². The minimum absolute atomic E-state index is 0.176. The average molecular weight is 448 g/mol. The number of nitrogens with one attached hydrogen (secondary N) is 2. The lowest BCUT2D eigenvalue weighted by Crippen LogP contribution is -2.58. The number of hydrogen-bond acceptors (Lipinski definition) is 7. The normalized spacial score (nSPS) is 15.6. The molecule has 0 saturated carbocycles. The van der Waals surface area contributed by atoms with Gasteiger partial charge < -0.3 is 24.2 Å². The number of carbonyl (C=O) groups excluding carboxylic acids is 2. The molecular formula is C24H24N4O5. The second-order valence-corrected chi connectivity index (χ2v) is 8.42. The van der Waals surface area contributed by atoms with Crippen molar-refractivity contribution in [1.82, 2.24) is 20.6 Å². The summed E-state index contributed by atoms with van der Waals surface area (Å²) in [5.41, 5.74) is 3.37. The number of amides is 2. The summed E-state index contributed by atoms with van der Waals surface area (Å²) in [6.07, 6.45) is 1.11. The van der Waals surface area contributed by atoms with Crippen LogP contribution in [0, 0.1) is 13.8 Å². The lowest BCUT2D eigenvalue weighted by molar-refractivity contribution is 0.0344. The van der Waals surface area contributed by atoms with Gasteiger partial charge in [-0.1, -0.05) is 0 Å². The number of aromatic nitrogens is 2. The number of hydrogen-bond donors (Lipinski definition) is 2. The van der Waals surface area contributed by atoms with Gasteiger partial charge in [0.1, 0.15) is 11.0 Å². The molecule has 0 atom stereocenters. The van der Waals surface area contributed by atoms with E-state index in [-0.39, 0.29) is 29.9 Å². The summed E-state index contributed by atoms with van der Waals surface area (Å²) in [6, 6.07) is 10.5. The van der Waals surface area contributed by atoms with Crippen LogP contribution in [0.3, 0.4) is 0 Å². The van der Waals surface area contributed by atoms with E-state index < -0.39 is 5.54 Å². The van der Waals surface area contributed by atoms with Crippen LogP contribution in [0.4, 0.5) is 0 Å². The van der Waals surface area contributed by atoms with Crippen molar-refractivity contribution in [3.05, 3.63) is 59.3 Å². The van der Waals surface area contributed by atoms with E-state index in [1.807, 2.05) is 26.0 Å². The van der Waals surface area contributed by atoms with E-state index in [0.29, 0.717) is 48.3 Å². The van der Waals surface area contributed by atoms with Gasteiger partial charge >= 0.3 is 0 Å². The zero-order chi connectivity index (χ0) is 23.0. The molecule has 170 valence electrons. The van der Waals surface area contributed by atoms with Gasteiger partial charge in [-0.15, -0.1) is 0 Å². The van der Waals surface area contributed by atoms with Gasteiger partial charge in [-0.25, -0.2) is 9.97 Å². The summed E-state index contributed by atoms with van der Waals surface area (Å²) in [5.74, 6) is -0.367. The molecule has 1 aliphatic rings. The average Bonchev–Trinajstić information content (AvgIpc) is 3.41. The van der Waals surface area contributed by atoms with Crippen molar-refractivity contribution < 1.29 is 23.2 Å². The molecule has 0 aromatic carbocycles. The van der Waals surface area contributed by atoms with Crippen LogP contribution < -0.4 is 10.6 Å². The number of furan rings is 2. The van der Waals surface area contributed by atoms with E-state index in [1.54, 1.807) is 24.3 Å². The van der Waals surface area contributed by atoms with Crippen LogP contribution in [0.15, 0.2) is 45.2 Å². The minimum atomic E-state index is -0.672. The number of pyridine rings is 2. The van der Waals surface area contributed by atoms with Crippen molar-refractivity contribution in [3.8, 4) is 0 Å². The van der Waals surface area contributed by atoms with Crippen LogP contribution in [0.25, 0.3) is 22.2 Å². The first-order valence-electron chi connectivity index (χ1n) is 10.8. The molecule has 33 heavy (non-hydrogen) atoms. The van der Waals surface area contributed by atoms with Crippen molar-refractivity contribution in [2.75, 3.05) is 19.8 Å². The molecular weight excluding hydrogens is 424 g/mol. The highest BCUT2D eigenvalue weighted by Crippen LogP contribution is 2.24. The predicted octanol–water partition coefficient (Wildman–Crippen LogP) is 3.29. The Hall–Kier alpha value is -3.72. The maximum atomic E-state index is 13.0. The summed E-state index contributed by atoms with van der Waals surface area (Å²) in [7, 11) is 0. The highest BCUT2D eigenvalue weighted by molar-refractivity contribution is 5.96. The molecule has 1 fully saturated rings. The molecule has 1 aliphatic heterocycles. The van der Waals surface area contributed by atoms with Gasteiger partial charge in [-0.3, -0.25) is 9.59 Å². The zero-order valence-corrected chi connectivity index (χ0v) is 18.4. The van der Waals surface area contributed by atoms with E-state index in [1.165, 1.54) is 0 Å². The highest BCUT2D eigenvalue weighted by Gasteiger charge is 2.36. The standard InChI is InChI=1S/C24H24N4O5/c1-14-3-5-18-16(26-14)11-20(32-18)22(29)25-13-24(7-9-31-10-8-24)28-23(30)21-12-17-19(33-21)6-4-15(2)27-17/h3-6,11-12H,7-10,13H2,1-2H3,(H,25,29)(H,28,30). The number of rotatable bonds is 5. The first kappa shape index (κ1) is 21.1. The Morgan fingerprint density at radius 2 is 1.42 bits per heavy atom. The van der Waals surface area contributed by atoms with Gasteiger partial charge in [0.25, 0.3) is 11.8 Å². The largest absolute Gasteiger partial charge is 0.449 e. The molecule has 2 amide bonds. The Bertz CT molecular complexity index is 1350. The highest BCUT2D eigenvalue weighted by atomic mass is 16.5. The van der Waals surface area contributed by atoms with E-state index in [9.17, 15) is 9.59 Å². The van der Waals surface area contributed by atoms with Crippen LogP contribution in [0.5, 0.6) is 0 Å². The summed E-state index contributed by atoms with van der Waals surface area (Å²) >= 11 is 0. The fourth-order valence-electron chi connectivity index (χ4n) is 4.02. The van der Waals surface area contributed by atoms with Crippen LogP contribution in [-0.4, -0.2) is 47.1 Å². The molecule has 0 spiro atoms. The fourth-order valence-corrected chi connectivity index (χ4v) is 4.02. The smallest absolute Gasteiger partial charge is 0.287 e. The fraction of sp³-hybridized carbons (Fsp3) is 0.333. The van der Waals surface area contributed by atoms with Crippen LogP contribution in [-0.2, 0) is 4.74 Å². The molecule has 0 unspecified atom stereocenters. The lowest BCUT2D eigenvalue weighted by Gasteiger charge is -2.37. The topological polar surface area (TPSA) is 119 Å². The molecule has 5 rings (SSSR count). The Kier molecular flexibility index (Phi) is 5.33. The van der Waals surface area contributed by atoms with Crippen molar-refractivity contribution >= 4 is 34.0 Å². The SMILES string of the molecule is Cc1ccc2oc(C(=O)NCC3(NC(=O)c4cc5nc(C)ccc5o4)CCOCC3)cc2n1. The van der Waals surface area contributed by atoms with E-state index in [2.05, 4.69) is 20.6 Å². The van der Waals surface area contributed by atoms with E-state index in [0.717, 1.165) is 11.4 Å². The molecule has 1 saturated heterocycles. The third-order valence-electron chi connectivity index (χ3n) is 5.89. The van der Waals surface area contributed by atoms with Gasteiger partial charge in [0.2, 0.25) is 0 Å². The predicted molar refractivity (Wildman–Crippen MR) is 120 cm³/mol. The summed E-state index contributed by atoms with van der Waals surface area (Å²) in [6.45, 7) is 4.94. The monoisotopic (exact) mass is 448 g/mol. The van der Waals surface area contributed by atoms with Crippen molar-refractivity contribution in [3.63, 3.8) is 0 Å². The summed E-state index contributed by atoms with van der Waals surface area (Å²) in [4.78, 5) is 34.6. The third kappa shape index (κ3) is 4.31. The first-order chi connectivity index (χ1) is 15.9.